The van der Waals surface area contributed by atoms with Crippen molar-refractivity contribution in [1.82, 2.24) is 14.9 Å². The molecule has 0 radical (unpaired) electrons. The van der Waals surface area contributed by atoms with Crippen LogP contribution in [-0.2, 0) is 14.3 Å². The Morgan fingerprint density at radius 1 is 1.30 bits per heavy atom. The predicted octanol–water partition coefficient (Wildman–Crippen LogP) is 0.324. The summed E-state index contributed by atoms with van der Waals surface area (Å²) in [5, 5.41) is 0. The minimum absolute atomic E-state index is 0.0774. The Labute approximate surface area is 118 Å². The summed E-state index contributed by atoms with van der Waals surface area (Å²) >= 11 is 0. The third kappa shape index (κ3) is 4.83. The molecule has 110 valence electrons. The second-order valence-electron chi connectivity index (χ2n) is 4.20. The fourth-order valence-corrected chi connectivity index (χ4v) is 1.65. The smallest absolute Gasteiger partial charge is 0.307 e. The molecule has 0 aliphatic rings. The Kier molecular flexibility index (Phi) is 6.42. The van der Waals surface area contributed by atoms with Gasteiger partial charge in [-0.3, -0.25) is 9.59 Å². The number of carbonyl (C=O) groups is 2. The number of amides is 1. The lowest BCUT2D eigenvalue weighted by Crippen LogP contribution is -2.40. The van der Waals surface area contributed by atoms with Crippen LogP contribution in [-0.4, -0.2) is 60.5 Å². The Hall–Kier alpha value is -2.18. The molecular weight excluding hydrogens is 260 g/mol. The maximum atomic E-state index is 12.1. The maximum absolute atomic E-state index is 12.1. The summed E-state index contributed by atoms with van der Waals surface area (Å²) < 4.78 is 4.57. The van der Waals surface area contributed by atoms with Crippen LogP contribution in [0.15, 0.2) is 18.5 Å². The van der Waals surface area contributed by atoms with Gasteiger partial charge in [-0.05, 0) is 13.0 Å². The van der Waals surface area contributed by atoms with Crippen LogP contribution >= 0.6 is 0 Å². The van der Waals surface area contributed by atoms with Crippen LogP contribution < -0.4 is 4.90 Å². The first kappa shape index (κ1) is 15.9. The van der Waals surface area contributed by atoms with Crippen LogP contribution in [0.2, 0.25) is 0 Å². The molecule has 1 heterocycles. The minimum Gasteiger partial charge on any atom is -0.469 e. The van der Waals surface area contributed by atoms with Gasteiger partial charge in [0.25, 0.3) is 0 Å². The second kappa shape index (κ2) is 8.08. The molecule has 0 aliphatic heterocycles. The summed E-state index contributed by atoms with van der Waals surface area (Å²) in [5.41, 5.74) is 0. The quantitative estimate of drug-likeness (QED) is 0.670. The molecule has 1 amide bonds. The lowest BCUT2D eigenvalue weighted by atomic mass is 10.3. The van der Waals surface area contributed by atoms with E-state index < -0.39 is 0 Å². The Morgan fingerprint density at radius 3 is 2.50 bits per heavy atom. The van der Waals surface area contributed by atoms with Gasteiger partial charge < -0.3 is 14.5 Å². The average molecular weight is 280 g/mol. The zero-order chi connectivity index (χ0) is 15.0. The van der Waals surface area contributed by atoms with Gasteiger partial charge in [-0.25, -0.2) is 9.97 Å². The van der Waals surface area contributed by atoms with E-state index in [-0.39, 0.29) is 24.8 Å². The Balaban J connectivity index is 2.52. The van der Waals surface area contributed by atoms with Crippen LogP contribution in [0.5, 0.6) is 0 Å². The molecule has 1 rings (SSSR count). The molecule has 0 unspecified atom stereocenters. The van der Waals surface area contributed by atoms with E-state index in [4.69, 9.17) is 0 Å². The fourth-order valence-electron chi connectivity index (χ4n) is 1.65. The standard InChI is InChI=1S/C13H20N4O3/c1-4-17(9-6-12(19)20-3)11(18)10-16(2)13-14-7-5-8-15-13/h5,7-8H,4,6,9-10H2,1-3H3. The molecule has 0 atom stereocenters. The highest BCUT2D eigenvalue weighted by atomic mass is 16.5. The fraction of sp³-hybridized carbons (Fsp3) is 0.538. The molecule has 0 N–H and O–H groups in total. The van der Waals surface area contributed by atoms with Gasteiger partial charge in [0.05, 0.1) is 20.1 Å². The summed E-state index contributed by atoms with van der Waals surface area (Å²) in [5.74, 6) is 0.0900. The SMILES string of the molecule is CCN(CCC(=O)OC)C(=O)CN(C)c1ncccn1. The summed E-state index contributed by atoms with van der Waals surface area (Å²) in [6.07, 6.45) is 3.44. The number of esters is 1. The van der Waals surface area contributed by atoms with E-state index in [1.807, 2.05) is 6.92 Å². The first-order valence-electron chi connectivity index (χ1n) is 6.41. The molecule has 0 aliphatic carbocycles. The molecule has 0 saturated heterocycles. The largest absolute Gasteiger partial charge is 0.469 e. The lowest BCUT2D eigenvalue weighted by Gasteiger charge is -2.24. The van der Waals surface area contributed by atoms with Crippen molar-refractivity contribution in [2.45, 2.75) is 13.3 Å². The first-order chi connectivity index (χ1) is 9.58. The second-order valence-corrected chi connectivity index (χ2v) is 4.20. The van der Waals surface area contributed by atoms with E-state index in [1.165, 1.54) is 7.11 Å². The topological polar surface area (TPSA) is 75.6 Å². The highest BCUT2D eigenvalue weighted by Crippen LogP contribution is 2.03. The third-order valence-corrected chi connectivity index (χ3v) is 2.81. The summed E-state index contributed by atoms with van der Waals surface area (Å²) in [6.45, 7) is 2.93. The Bertz CT molecular complexity index is 439. The molecule has 20 heavy (non-hydrogen) atoms. The van der Waals surface area contributed by atoms with E-state index in [0.29, 0.717) is 19.0 Å². The van der Waals surface area contributed by atoms with Gasteiger partial charge in [-0.1, -0.05) is 0 Å². The molecular formula is C13H20N4O3. The van der Waals surface area contributed by atoms with Crippen molar-refractivity contribution >= 4 is 17.8 Å². The van der Waals surface area contributed by atoms with Crippen molar-refractivity contribution in [3.8, 4) is 0 Å². The monoisotopic (exact) mass is 280 g/mol. The molecule has 0 aromatic carbocycles. The van der Waals surface area contributed by atoms with Crippen molar-refractivity contribution in [3.05, 3.63) is 18.5 Å². The van der Waals surface area contributed by atoms with Gasteiger partial charge in [0, 0.05) is 32.5 Å². The van der Waals surface area contributed by atoms with E-state index in [9.17, 15) is 9.59 Å². The predicted molar refractivity (Wildman–Crippen MR) is 74.2 cm³/mol. The van der Waals surface area contributed by atoms with Crippen LogP contribution in [0.25, 0.3) is 0 Å². The number of aromatic nitrogens is 2. The molecule has 0 fully saturated rings. The van der Waals surface area contributed by atoms with Gasteiger partial charge in [-0.2, -0.15) is 0 Å². The first-order valence-corrected chi connectivity index (χ1v) is 6.41. The number of methoxy groups -OCH3 is 1. The van der Waals surface area contributed by atoms with Crippen LogP contribution in [0.1, 0.15) is 13.3 Å². The van der Waals surface area contributed by atoms with E-state index >= 15 is 0 Å². The number of hydrogen-bond acceptors (Lipinski definition) is 6. The number of anilines is 1. The zero-order valence-electron chi connectivity index (χ0n) is 12.1. The van der Waals surface area contributed by atoms with Gasteiger partial charge in [0.15, 0.2) is 0 Å². The van der Waals surface area contributed by atoms with Gasteiger partial charge in [0.1, 0.15) is 0 Å². The number of hydrogen-bond donors (Lipinski definition) is 0. The van der Waals surface area contributed by atoms with Crippen LogP contribution in [0, 0.1) is 0 Å². The third-order valence-electron chi connectivity index (χ3n) is 2.81. The van der Waals surface area contributed by atoms with Crippen molar-refractivity contribution < 1.29 is 14.3 Å². The normalized spacial score (nSPS) is 9.95. The molecule has 1 aromatic rings. The van der Waals surface area contributed by atoms with Crippen LogP contribution in [0.4, 0.5) is 5.95 Å². The Morgan fingerprint density at radius 2 is 1.95 bits per heavy atom. The van der Waals surface area contributed by atoms with Crippen molar-refractivity contribution in [2.24, 2.45) is 0 Å². The number of carbonyl (C=O) groups excluding carboxylic acids is 2. The van der Waals surface area contributed by atoms with Crippen LogP contribution in [0.3, 0.4) is 0 Å². The number of rotatable bonds is 7. The molecule has 7 heteroatoms. The molecule has 7 nitrogen and oxygen atoms in total. The van der Waals surface area contributed by atoms with E-state index in [0.717, 1.165) is 0 Å². The number of likely N-dealkylation sites (N-methyl/N-ethyl adjacent to an activating group) is 2. The molecule has 0 saturated carbocycles. The highest BCUT2D eigenvalue weighted by Gasteiger charge is 2.16. The van der Waals surface area contributed by atoms with E-state index in [2.05, 4.69) is 14.7 Å². The summed E-state index contributed by atoms with van der Waals surface area (Å²) in [4.78, 5) is 34.7. The summed E-state index contributed by atoms with van der Waals surface area (Å²) in [6, 6.07) is 1.72. The average Bonchev–Trinajstić information content (AvgIpc) is 2.48. The highest BCUT2D eigenvalue weighted by molar-refractivity contribution is 5.81. The van der Waals surface area contributed by atoms with Gasteiger partial charge in [0.2, 0.25) is 11.9 Å². The minimum atomic E-state index is -0.323. The van der Waals surface area contributed by atoms with Crippen molar-refractivity contribution in [1.29, 1.82) is 0 Å². The zero-order valence-corrected chi connectivity index (χ0v) is 12.1. The number of nitrogens with zero attached hydrogens (tertiary/aromatic N) is 4. The van der Waals surface area contributed by atoms with Crippen molar-refractivity contribution in [2.75, 3.05) is 38.7 Å². The summed E-state index contributed by atoms with van der Waals surface area (Å²) in [7, 11) is 3.09. The van der Waals surface area contributed by atoms with Gasteiger partial charge in [-0.15, -0.1) is 0 Å². The molecule has 0 spiro atoms. The van der Waals surface area contributed by atoms with E-state index in [1.54, 1.807) is 35.3 Å². The number of ether oxygens (including phenoxy) is 1. The van der Waals surface area contributed by atoms with Crippen molar-refractivity contribution in [3.63, 3.8) is 0 Å². The lowest BCUT2D eigenvalue weighted by molar-refractivity contribution is -0.141. The molecule has 1 aromatic heterocycles. The maximum Gasteiger partial charge on any atom is 0.307 e. The van der Waals surface area contributed by atoms with Gasteiger partial charge >= 0.3 is 5.97 Å². The molecule has 0 bridgehead atoms.